The van der Waals surface area contributed by atoms with Gasteiger partial charge in [-0.25, -0.2) is 14.8 Å². The van der Waals surface area contributed by atoms with Crippen molar-refractivity contribution in [3.8, 4) is 11.4 Å². The number of amides is 3. The van der Waals surface area contributed by atoms with E-state index in [0.717, 1.165) is 19.6 Å². The average molecular weight is 570 g/mol. The fraction of sp³-hybridized carbons (Fsp3) is 0.481. The van der Waals surface area contributed by atoms with Crippen LogP contribution in [0.15, 0.2) is 36.4 Å². The maximum Gasteiger partial charge on any atom is 0.407 e. The Kier molecular flexibility index (Phi) is 10.4. The molecule has 1 aromatic carbocycles. The number of carboxylic acids is 1. The number of morpholine rings is 1. The lowest BCUT2D eigenvalue weighted by molar-refractivity contribution is -0.138. The third kappa shape index (κ3) is 8.59. The third-order valence-electron chi connectivity index (χ3n) is 6.94. The first-order chi connectivity index (χ1) is 19.8. The Hall–Kier alpha value is -4.30. The molecule has 220 valence electrons. The fourth-order valence-electron chi connectivity index (χ4n) is 4.63. The molecular weight excluding hydrogens is 534 g/mol. The van der Waals surface area contributed by atoms with Crippen molar-refractivity contribution in [2.24, 2.45) is 0 Å². The number of anilines is 1. The molecule has 4 rings (SSSR count). The molecule has 14 nitrogen and oxygen atoms in total. The molecule has 1 atom stereocenters. The van der Waals surface area contributed by atoms with Crippen molar-refractivity contribution >= 4 is 29.7 Å². The Morgan fingerprint density at radius 2 is 1.61 bits per heavy atom. The summed E-state index contributed by atoms with van der Waals surface area (Å²) < 4.78 is 5.39. The monoisotopic (exact) mass is 569 g/mol. The second-order valence-electron chi connectivity index (χ2n) is 9.76. The Morgan fingerprint density at radius 1 is 0.927 bits per heavy atom. The predicted octanol–water partition coefficient (Wildman–Crippen LogP) is 0.673. The van der Waals surface area contributed by atoms with Gasteiger partial charge in [0, 0.05) is 70.4 Å². The highest BCUT2D eigenvalue weighted by Crippen LogP contribution is 2.18. The highest BCUT2D eigenvalue weighted by molar-refractivity contribution is 5.97. The first-order valence-electron chi connectivity index (χ1n) is 13.6. The van der Waals surface area contributed by atoms with Gasteiger partial charge in [0.2, 0.25) is 5.91 Å². The third-order valence-corrected chi connectivity index (χ3v) is 6.94. The Morgan fingerprint density at radius 3 is 2.27 bits per heavy atom. The van der Waals surface area contributed by atoms with Crippen molar-refractivity contribution in [3.63, 3.8) is 0 Å². The molecule has 0 radical (unpaired) electrons. The largest absolute Gasteiger partial charge is 0.481 e. The number of carbonyl (C=O) groups excluding carboxylic acids is 2. The summed E-state index contributed by atoms with van der Waals surface area (Å²) in [6.07, 6.45) is -1.53. The van der Waals surface area contributed by atoms with Gasteiger partial charge in [-0.2, -0.15) is 0 Å². The number of carboxylic acid groups (broad SMARTS) is 2. The quantitative estimate of drug-likeness (QED) is 0.299. The zero-order valence-corrected chi connectivity index (χ0v) is 22.7. The zero-order chi connectivity index (χ0) is 29.2. The van der Waals surface area contributed by atoms with Crippen LogP contribution >= 0.6 is 0 Å². The van der Waals surface area contributed by atoms with E-state index in [-0.39, 0.29) is 44.7 Å². The Labute approximate surface area is 237 Å². The molecule has 3 amide bonds. The molecule has 0 bridgehead atoms. The van der Waals surface area contributed by atoms with Gasteiger partial charge in [-0.1, -0.05) is 30.3 Å². The highest BCUT2D eigenvalue weighted by Gasteiger charge is 2.31. The molecule has 2 aliphatic heterocycles. The van der Waals surface area contributed by atoms with Gasteiger partial charge in [0.15, 0.2) is 5.82 Å². The first-order valence-corrected chi connectivity index (χ1v) is 13.6. The summed E-state index contributed by atoms with van der Waals surface area (Å²) in [4.78, 5) is 63.2. The summed E-state index contributed by atoms with van der Waals surface area (Å²) >= 11 is 0. The van der Waals surface area contributed by atoms with E-state index < -0.39 is 29.9 Å². The van der Waals surface area contributed by atoms with Gasteiger partial charge in [-0.3, -0.25) is 19.3 Å². The highest BCUT2D eigenvalue weighted by atomic mass is 16.5. The van der Waals surface area contributed by atoms with Crippen molar-refractivity contribution in [3.05, 3.63) is 42.1 Å². The summed E-state index contributed by atoms with van der Waals surface area (Å²) in [5.41, 5.74) is 0.727. The number of aliphatic carboxylic acids is 1. The Bertz CT molecular complexity index is 1220. The molecule has 2 fully saturated rings. The number of benzene rings is 1. The van der Waals surface area contributed by atoms with Crippen LogP contribution in [0.3, 0.4) is 0 Å². The normalized spacial score (nSPS) is 16.6. The van der Waals surface area contributed by atoms with Crippen LogP contribution in [0.1, 0.15) is 23.3 Å². The van der Waals surface area contributed by atoms with Crippen molar-refractivity contribution in [2.45, 2.75) is 18.9 Å². The minimum atomic E-state index is -1.12. The number of nitrogens with one attached hydrogen (secondary N) is 2. The molecule has 1 unspecified atom stereocenters. The van der Waals surface area contributed by atoms with E-state index in [2.05, 4.69) is 25.5 Å². The van der Waals surface area contributed by atoms with Crippen LogP contribution in [0.5, 0.6) is 0 Å². The van der Waals surface area contributed by atoms with E-state index in [0.29, 0.717) is 37.0 Å². The second kappa shape index (κ2) is 14.4. The summed E-state index contributed by atoms with van der Waals surface area (Å²) in [5.74, 6) is -1.45. The van der Waals surface area contributed by atoms with Crippen molar-refractivity contribution < 1.29 is 34.1 Å². The van der Waals surface area contributed by atoms with Crippen LogP contribution in [0.4, 0.5) is 10.6 Å². The van der Waals surface area contributed by atoms with Gasteiger partial charge < -0.3 is 35.4 Å². The molecule has 2 aromatic rings. The van der Waals surface area contributed by atoms with Gasteiger partial charge in [0.1, 0.15) is 17.6 Å². The number of carbonyl (C=O) groups is 4. The van der Waals surface area contributed by atoms with Gasteiger partial charge in [0.05, 0.1) is 13.2 Å². The number of nitrogens with zero attached hydrogens (tertiary/aromatic N) is 5. The van der Waals surface area contributed by atoms with Crippen LogP contribution in [0.2, 0.25) is 0 Å². The number of hydrogen-bond acceptors (Lipinski definition) is 9. The summed E-state index contributed by atoms with van der Waals surface area (Å²) in [5, 5.41) is 24.3. The van der Waals surface area contributed by atoms with Crippen molar-refractivity contribution in [1.82, 2.24) is 30.0 Å². The maximum atomic E-state index is 13.4. The number of aromatic nitrogens is 2. The molecule has 2 aliphatic rings. The standard InChI is InChI=1S/C27H35N7O7/c35-23(36)7-6-20(26(38)33-10-12-34(13-11-33)27(39)40)30-25(37)21-18-22(28-8-9-32-14-16-41-17-15-32)31-24(29-21)19-4-2-1-3-5-19/h1-5,18,20H,6-17H2,(H,30,37)(H,35,36)(H,39,40)(H,28,29,31). The molecule has 14 heteroatoms. The van der Waals surface area contributed by atoms with Gasteiger partial charge in [-0.15, -0.1) is 0 Å². The molecule has 41 heavy (non-hydrogen) atoms. The van der Waals surface area contributed by atoms with E-state index in [4.69, 9.17) is 4.74 Å². The van der Waals surface area contributed by atoms with Gasteiger partial charge >= 0.3 is 12.1 Å². The summed E-state index contributed by atoms with van der Waals surface area (Å²) in [6, 6.07) is 9.56. The molecule has 4 N–H and O–H groups in total. The van der Waals surface area contributed by atoms with E-state index in [1.165, 1.54) is 15.9 Å². The fourth-order valence-corrected chi connectivity index (χ4v) is 4.63. The molecule has 0 spiro atoms. The minimum Gasteiger partial charge on any atom is -0.481 e. The smallest absolute Gasteiger partial charge is 0.407 e. The molecular formula is C27H35N7O7. The molecule has 1 aromatic heterocycles. The SMILES string of the molecule is O=C(O)CCC(NC(=O)c1cc(NCCN2CCOCC2)nc(-c2ccccc2)n1)C(=O)N1CCN(C(=O)O)CC1. The van der Waals surface area contributed by atoms with Crippen LogP contribution in [-0.4, -0.2) is 130 Å². The lowest BCUT2D eigenvalue weighted by atomic mass is 10.1. The van der Waals surface area contributed by atoms with Crippen molar-refractivity contribution in [2.75, 3.05) is 70.9 Å². The summed E-state index contributed by atoms with van der Waals surface area (Å²) in [7, 11) is 0. The number of hydrogen-bond donors (Lipinski definition) is 4. The van der Waals surface area contributed by atoms with Crippen LogP contribution in [0.25, 0.3) is 11.4 Å². The lowest BCUT2D eigenvalue weighted by Gasteiger charge is -2.35. The molecule has 0 aliphatic carbocycles. The maximum absolute atomic E-state index is 13.4. The van der Waals surface area contributed by atoms with Crippen LogP contribution in [0, 0.1) is 0 Å². The minimum absolute atomic E-state index is 0.0246. The van der Waals surface area contributed by atoms with Crippen molar-refractivity contribution in [1.29, 1.82) is 0 Å². The number of piperazine rings is 1. The van der Waals surface area contributed by atoms with Gasteiger partial charge in [0.25, 0.3) is 5.91 Å². The van der Waals surface area contributed by atoms with Gasteiger partial charge in [-0.05, 0) is 6.42 Å². The topological polar surface area (TPSA) is 178 Å². The first kappa shape index (κ1) is 29.7. The number of rotatable bonds is 11. The average Bonchev–Trinajstić information content (AvgIpc) is 2.99. The molecule has 0 saturated carbocycles. The summed E-state index contributed by atoms with van der Waals surface area (Å²) in [6.45, 7) is 4.95. The lowest BCUT2D eigenvalue weighted by Crippen LogP contribution is -2.55. The van der Waals surface area contributed by atoms with E-state index >= 15 is 0 Å². The second-order valence-corrected chi connectivity index (χ2v) is 9.76. The van der Waals surface area contributed by atoms with E-state index in [1.54, 1.807) is 0 Å². The number of ether oxygens (including phenoxy) is 1. The molecule has 3 heterocycles. The zero-order valence-electron chi connectivity index (χ0n) is 22.7. The predicted molar refractivity (Wildman–Crippen MR) is 148 cm³/mol. The van der Waals surface area contributed by atoms with E-state index in [1.807, 2.05) is 30.3 Å². The van der Waals surface area contributed by atoms with Crippen LogP contribution in [-0.2, 0) is 14.3 Å². The van der Waals surface area contributed by atoms with E-state index in [9.17, 15) is 29.4 Å². The molecule has 2 saturated heterocycles. The Balaban J connectivity index is 1.50. The van der Waals surface area contributed by atoms with Crippen LogP contribution < -0.4 is 10.6 Å².